The summed E-state index contributed by atoms with van der Waals surface area (Å²) in [5.74, 6) is 0.0788. The van der Waals surface area contributed by atoms with Crippen molar-refractivity contribution in [2.24, 2.45) is 5.41 Å². The number of anilines is 1. The molecule has 0 atom stereocenters. The monoisotopic (exact) mass is 258 g/mol. The smallest absolute Gasteiger partial charge is 0.225 e. The van der Waals surface area contributed by atoms with E-state index in [1.54, 1.807) is 12.3 Å². The van der Waals surface area contributed by atoms with Gasteiger partial charge >= 0.3 is 0 Å². The fraction of sp³-hybridized carbons (Fsp3) is 0.500. The van der Waals surface area contributed by atoms with Gasteiger partial charge in [-0.1, -0.05) is 20.8 Å². The molecule has 5 nitrogen and oxygen atoms in total. The van der Waals surface area contributed by atoms with Crippen LogP contribution in [0.25, 0.3) is 0 Å². The van der Waals surface area contributed by atoms with Crippen LogP contribution in [0.1, 0.15) is 26.5 Å². The highest BCUT2D eigenvalue weighted by atomic mass is 16.2. The molecule has 19 heavy (non-hydrogen) atoms. The summed E-state index contributed by atoms with van der Waals surface area (Å²) in [6.45, 7) is 7.29. The molecule has 0 radical (unpaired) electrons. The van der Waals surface area contributed by atoms with Gasteiger partial charge in [0.2, 0.25) is 5.91 Å². The Kier molecular flexibility index (Phi) is 3.43. The van der Waals surface area contributed by atoms with Crippen LogP contribution in [0.2, 0.25) is 0 Å². The summed E-state index contributed by atoms with van der Waals surface area (Å²) >= 11 is 0. The number of hydrogen-bond donors (Lipinski definition) is 1. The predicted molar refractivity (Wildman–Crippen MR) is 72.6 cm³/mol. The largest absolute Gasteiger partial charge is 0.366 e. The second-order valence-corrected chi connectivity index (χ2v) is 5.84. The Labute approximate surface area is 113 Å². The Hall–Kier alpha value is -2.09. The molecule has 0 unspecified atom stereocenters. The van der Waals surface area contributed by atoms with E-state index < -0.39 is 0 Å². The van der Waals surface area contributed by atoms with Gasteiger partial charge in [0.25, 0.3) is 0 Å². The summed E-state index contributed by atoms with van der Waals surface area (Å²) < 4.78 is 0. The third-order valence-electron chi connectivity index (χ3n) is 3.13. The standard InChI is InChI=1S/C14H18N4O/c1-14(2,3)13(19)17-11-8-18(9-11)12-5-4-10(6-15)16-7-12/h4-5,7,11H,8-9H2,1-3H3,(H,17,19). The van der Waals surface area contributed by atoms with Crippen molar-refractivity contribution in [1.82, 2.24) is 10.3 Å². The zero-order valence-corrected chi connectivity index (χ0v) is 11.5. The molecule has 2 heterocycles. The number of nitriles is 1. The fourth-order valence-electron chi connectivity index (χ4n) is 1.82. The minimum atomic E-state index is -0.351. The Bertz CT molecular complexity index is 504. The average molecular weight is 258 g/mol. The quantitative estimate of drug-likeness (QED) is 0.868. The lowest BCUT2D eigenvalue weighted by atomic mass is 9.94. The van der Waals surface area contributed by atoms with Crippen LogP contribution in [0, 0.1) is 16.7 Å². The van der Waals surface area contributed by atoms with Crippen LogP contribution in [0.5, 0.6) is 0 Å². The van der Waals surface area contributed by atoms with Gasteiger partial charge in [0.15, 0.2) is 0 Å². The molecule has 0 bridgehead atoms. The summed E-state index contributed by atoms with van der Waals surface area (Å²) in [5.41, 5.74) is 1.05. The second-order valence-electron chi connectivity index (χ2n) is 5.84. The maximum absolute atomic E-state index is 11.8. The Morgan fingerprint density at radius 2 is 2.16 bits per heavy atom. The van der Waals surface area contributed by atoms with Crippen molar-refractivity contribution in [2.45, 2.75) is 26.8 Å². The number of rotatable bonds is 2. The number of pyridine rings is 1. The molecule has 1 aromatic heterocycles. The van der Waals surface area contributed by atoms with E-state index in [0.29, 0.717) is 5.69 Å². The van der Waals surface area contributed by atoms with Crippen molar-refractivity contribution < 1.29 is 4.79 Å². The van der Waals surface area contributed by atoms with Crippen LogP contribution in [0.3, 0.4) is 0 Å². The van der Waals surface area contributed by atoms with Gasteiger partial charge in [-0.15, -0.1) is 0 Å². The van der Waals surface area contributed by atoms with E-state index in [9.17, 15) is 4.79 Å². The summed E-state index contributed by atoms with van der Waals surface area (Å²) in [4.78, 5) is 18.0. The molecule has 1 fully saturated rings. The zero-order valence-electron chi connectivity index (χ0n) is 11.5. The predicted octanol–water partition coefficient (Wildman–Crippen LogP) is 1.30. The molecule has 0 aromatic carbocycles. The van der Waals surface area contributed by atoms with Crippen molar-refractivity contribution in [2.75, 3.05) is 18.0 Å². The maximum atomic E-state index is 11.8. The van der Waals surface area contributed by atoms with E-state index in [1.807, 2.05) is 32.9 Å². The number of nitrogens with zero attached hydrogens (tertiary/aromatic N) is 3. The van der Waals surface area contributed by atoms with Crippen LogP contribution >= 0.6 is 0 Å². The number of carbonyl (C=O) groups is 1. The topological polar surface area (TPSA) is 69.0 Å². The number of carbonyl (C=O) groups excluding carboxylic acids is 1. The van der Waals surface area contributed by atoms with E-state index in [1.165, 1.54) is 0 Å². The Morgan fingerprint density at radius 1 is 1.47 bits per heavy atom. The van der Waals surface area contributed by atoms with E-state index >= 15 is 0 Å². The first-order valence-corrected chi connectivity index (χ1v) is 6.32. The van der Waals surface area contributed by atoms with E-state index in [4.69, 9.17) is 5.26 Å². The summed E-state index contributed by atoms with van der Waals surface area (Å²) in [5, 5.41) is 11.7. The molecule has 0 aliphatic carbocycles. The third kappa shape index (κ3) is 3.02. The van der Waals surface area contributed by atoms with Crippen molar-refractivity contribution in [3.05, 3.63) is 24.0 Å². The highest BCUT2D eigenvalue weighted by Gasteiger charge is 2.31. The van der Waals surface area contributed by atoms with Crippen molar-refractivity contribution >= 4 is 11.6 Å². The minimum absolute atomic E-state index is 0.0788. The van der Waals surface area contributed by atoms with Crippen molar-refractivity contribution in [3.8, 4) is 6.07 Å². The minimum Gasteiger partial charge on any atom is -0.366 e. The van der Waals surface area contributed by atoms with Crippen molar-refractivity contribution in [1.29, 1.82) is 5.26 Å². The highest BCUT2D eigenvalue weighted by molar-refractivity contribution is 5.82. The van der Waals surface area contributed by atoms with Crippen LogP contribution in [0.15, 0.2) is 18.3 Å². The first-order valence-electron chi connectivity index (χ1n) is 6.32. The summed E-state index contributed by atoms with van der Waals surface area (Å²) in [7, 11) is 0. The molecule has 1 aliphatic rings. The van der Waals surface area contributed by atoms with Crippen molar-refractivity contribution in [3.63, 3.8) is 0 Å². The normalized spacial score (nSPS) is 15.6. The van der Waals surface area contributed by atoms with E-state index in [2.05, 4.69) is 15.2 Å². The van der Waals surface area contributed by atoms with Crippen LogP contribution in [0.4, 0.5) is 5.69 Å². The first kappa shape index (κ1) is 13.3. The fourth-order valence-corrected chi connectivity index (χ4v) is 1.82. The van der Waals surface area contributed by atoms with Gasteiger partial charge in [-0.25, -0.2) is 4.98 Å². The summed E-state index contributed by atoms with van der Waals surface area (Å²) in [6, 6.07) is 5.78. The number of hydrogen-bond acceptors (Lipinski definition) is 4. The molecule has 1 aromatic rings. The van der Waals surface area contributed by atoms with Gasteiger partial charge in [0.1, 0.15) is 11.8 Å². The molecule has 1 saturated heterocycles. The Morgan fingerprint density at radius 3 is 2.63 bits per heavy atom. The lowest BCUT2D eigenvalue weighted by molar-refractivity contribution is -0.129. The molecule has 1 aliphatic heterocycles. The van der Waals surface area contributed by atoms with Gasteiger partial charge in [-0.3, -0.25) is 4.79 Å². The van der Waals surface area contributed by atoms with E-state index in [0.717, 1.165) is 18.8 Å². The van der Waals surface area contributed by atoms with Gasteiger partial charge in [-0.2, -0.15) is 5.26 Å². The van der Waals surface area contributed by atoms with Crippen LogP contribution < -0.4 is 10.2 Å². The molecule has 2 rings (SSSR count). The van der Waals surface area contributed by atoms with Gasteiger partial charge < -0.3 is 10.2 Å². The van der Waals surface area contributed by atoms with Crippen LogP contribution in [-0.4, -0.2) is 30.0 Å². The second kappa shape index (κ2) is 4.88. The van der Waals surface area contributed by atoms with E-state index in [-0.39, 0.29) is 17.4 Å². The Balaban J connectivity index is 1.86. The molecule has 1 N–H and O–H groups in total. The zero-order chi connectivity index (χ0) is 14.0. The first-order chi connectivity index (χ1) is 8.90. The SMILES string of the molecule is CC(C)(C)C(=O)NC1CN(c2ccc(C#N)nc2)C1. The lowest BCUT2D eigenvalue weighted by Crippen LogP contribution is -2.60. The number of aromatic nitrogens is 1. The molecule has 5 heteroatoms. The maximum Gasteiger partial charge on any atom is 0.225 e. The lowest BCUT2D eigenvalue weighted by Gasteiger charge is -2.42. The molecule has 1 amide bonds. The molecule has 0 spiro atoms. The summed E-state index contributed by atoms with van der Waals surface area (Å²) in [6.07, 6.45) is 1.69. The third-order valence-corrected chi connectivity index (χ3v) is 3.13. The number of nitrogens with one attached hydrogen (secondary N) is 1. The highest BCUT2D eigenvalue weighted by Crippen LogP contribution is 2.21. The molecular formula is C14H18N4O. The molecule has 100 valence electrons. The average Bonchev–Trinajstić information content (AvgIpc) is 2.32. The molecular weight excluding hydrogens is 240 g/mol. The van der Waals surface area contributed by atoms with Gasteiger partial charge in [0, 0.05) is 18.5 Å². The van der Waals surface area contributed by atoms with Gasteiger partial charge in [-0.05, 0) is 12.1 Å². The van der Waals surface area contributed by atoms with Gasteiger partial charge in [0.05, 0.1) is 17.9 Å². The number of amides is 1. The van der Waals surface area contributed by atoms with Crippen LogP contribution in [-0.2, 0) is 4.79 Å². The molecule has 0 saturated carbocycles.